The Bertz CT molecular complexity index is 153. The summed E-state index contributed by atoms with van der Waals surface area (Å²) >= 11 is 4.64. The van der Waals surface area contributed by atoms with Crippen LogP contribution < -0.4 is 0 Å². The number of rotatable bonds is 2. The van der Waals surface area contributed by atoms with E-state index in [9.17, 15) is 19.4 Å². The molecule has 0 aromatic rings. The van der Waals surface area contributed by atoms with E-state index in [0.29, 0.717) is 5.54 Å². The topological polar surface area (TPSA) is 0 Å². The van der Waals surface area contributed by atoms with Crippen molar-refractivity contribution in [2.45, 2.75) is 0 Å². The Labute approximate surface area is 59.4 Å². The number of halogens is 6. The van der Waals surface area contributed by atoms with Crippen molar-refractivity contribution < 1.29 is 19.4 Å². The Morgan fingerprint density at radius 3 is 1.60 bits per heavy atom. The molecular formula is C3H4ClF5S. The molecule has 64 valence electrons. The van der Waals surface area contributed by atoms with E-state index < -0.39 is 16.0 Å². The Kier molecular flexibility index (Phi) is 1.80. The number of hydrogen-bond acceptors (Lipinski definition) is 0. The lowest BCUT2D eigenvalue weighted by Crippen LogP contribution is -2.08. The molecule has 0 unspecified atom stereocenters. The molecule has 0 aliphatic rings. The fraction of sp³-hybridized carbons (Fsp3) is 0.333. The first-order valence-corrected chi connectivity index (χ1v) is 4.58. The Balaban J connectivity index is 4.43. The summed E-state index contributed by atoms with van der Waals surface area (Å²) in [6.07, 6.45) is 0.170. The molecule has 7 heteroatoms. The zero-order valence-corrected chi connectivity index (χ0v) is 6.11. The predicted octanol–water partition coefficient (Wildman–Crippen LogP) is 4.04. The van der Waals surface area contributed by atoms with E-state index in [1.54, 1.807) is 0 Å². The second-order valence-electron chi connectivity index (χ2n) is 1.66. The fourth-order valence-electron chi connectivity index (χ4n) is 0.218. The molecule has 0 radical (unpaired) electrons. The minimum atomic E-state index is -9.23. The molecule has 0 rings (SSSR count). The van der Waals surface area contributed by atoms with E-state index in [1.165, 1.54) is 0 Å². The van der Waals surface area contributed by atoms with Crippen LogP contribution in [0.2, 0.25) is 0 Å². The monoisotopic (exact) mass is 202 g/mol. The maximum Gasteiger partial charge on any atom is 0.288 e. The van der Waals surface area contributed by atoms with E-state index in [4.69, 9.17) is 0 Å². The second kappa shape index (κ2) is 1.79. The summed E-state index contributed by atoms with van der Waals surface area (Å²) in [5, 5.41) is 0. The van der Waals surface area contributed by atoms with E-state index in [-0.39, 0.29) is 6.08 Å². The zero-order valence-electron chi connectivity index (χ0n) is 4.54. The number of hydrogen-bond donors (Lipinski definition) is 0. The van der Waals surface area contributed by atoms with E-state index in [1.807, 2.05) is 0 Å². The summed E-state index contributed by atoms with van der Waals surface area (Å²) in [6.45, 7) is 0. The zero-order chi connectivity index (χ0) is 8.53. The molecule has 0 aromatic carbocycles. The highest BCUT2D eigenvalue weighted by atomic mass is 35.5. The molecule has 0 fully saturated rings. The largest absolute Gasteiger partial charge is 0.288 e. The van der Waals surface area contributed by atoms with Crippen molar-refractivity contribution in [1.29, 1.82) is 0 Å². The average molecular weight is 203 g/mol. The smallest absolute Gasteiger partial charge is 0.0975 e. The van der Waals surface area contributed by atoms with Gasteiger partial charge in [-0.25, -0.2) is 0 Å². The van der Waals surface area contributed by atoms with Crippen molar-refractivity contribution in [3.63, 3.8) is 0 Å². The molecule has 0 saturated heterocycles. The molecule has 0 nitrogen and oxygen atoms in total. The molecular weight excluding hydrogens is 199 g/mol. The van der Waals surface area contributed by atoms with Crippen molar-refractivity contribution in [2.75, 3.05) is 5.75 Å². The van der Waals surface area contributed by atoms with E-state index in [2.05, 4.69) is 11.6 Å². The highest BCUT2D eigenvalue weighted by Crippen LogP contribution is 2.97. The van der Waals surface area contributed by atoms with Crippen LogP contribution in [-0.2, 0) is 0 Å². The van der Waals surface area contributed by atoms with Gasteiger partial charge in [0, 0.05) is 5.54 Å². The van der Waals surface area contributed by atoms with Gasteiger partial charge in [-0.2, -0.15) is 0 Å². The van der Waals surface area contributed by atoms with Crippen molar-refractivity contribution >= 4 is 21.8 Å². The lowest BCUT2D eigenvalue weighted by atomic mass is 10.8. The Morgan fingerprint density at radius 2 is 1.50 bits per heavy atom. The summed E-state index contributed by atoms with van der Waals surface area (Å²) in [5.41, 5.74) is 0.415. The van der Waals surface area contributed by atoms with Crippen LogP contribution in [0.4, 0.5) is 19.4 Å². The van der Waals surface area contributed by atoms with Crippen LogP contribution in [0.25, 0.3) is 0 Å². The molecule has 0 spiro atoms. The van der Waals surface area contributed by atoms with Gasteiger partial charge < -0.3 is 0 Å². The summed E-state index contributed by atoms with van der Waals surface area (Å²) in [6, 6.07) is 0. The summed E-state index contributed by atoms with van der Waals surface area (Å²) < 4.78 is 56.5. The SMILES string of the molecule is FS(F)(F)(F)(F)C/C=C/Cl. The summed E-state index contributed by atoms with van der Waals surface area (Å²) in [5.74, 6) is -2.23. The van der Waals surface area contributed by atoms with Crippen LogP contribution in [0.15, 0.2) is 11.6 Å². The van der Waals surface area contributed by atoms with Gasteiger partial charge in [-0.05, 0) is 0 Å². The Morgan fingerprint density at radius 1 is 1.10 bits per heavy atom. The van der Waals surface area contributed by atoms with Crippen LogP contribution in [0.1, 0.15) is 0 Å². The van der Waals surface area contributed by atoms with Crippen molar-refractivity contribution in [2.24, 2.45) is 0 Å². The molecule has 0 N–H and O–H groups in total. The van der Waals surface area contributed by atoms with Crippen molar-refractivity contribution in [3.05, 3.63) is 11.6 Å². The van der Waals surface area contributed by atoms with Crippen LogP contribution in [0.5, 0.6) is 0 Å². The van der Waals surface area contributed by atoms with Crippen molar-refractivity contribution in [3.8, 4) is 0 Å². The molecule has 0 aliphatic heterocycles. The molecule has 0 bridgehead atoms. The highest BCUT2D eigenvalue weighted by Gasteiger charge is 2.61. The Hall–Kier alpha value is 0.0300. The van der Waals surface area contributed by atoms with Crippen LogP contribution >= 0.6 is 21.8 Å². The van der Waals surface area contributed by atoms with E-state index >= 15 is 0 Å². The first-order valence-electron chi connectivity index (χ1n) is 2.02. The van der Waals surface area contributed by atoms with Crippen LogP contribution in [0.3, 0.4) is 0 Å². The summed E-state index contributed by atoms with van der Waals surface area (Å²) in [7, 11) is -9.23. The van der Waals surface area contributed by atoms with Gasteiger partial charge in [-0.1, -0.05) is 37.1 Å². The molecule has 10 heavy (non-hydrogen) atoms. The minimum absolute atomic E-state index is 0.170. The summed E-state index contributed by atoms with van der Waals surface area (Å²) in [4.78, 5) is 0. The van der Waals surface area contributed by atoms with E-state index in [0.717, 1.165) is 0 Å². The van der Waals surface area contributed by atoms with Gasteiger partial charge in [-0.15, -0.1) is 0 Å². The van der Waals surface area contributed by atoms with Gasteiger partial charge in [0.2, 0.25) is 0 Å². The standard InChI is InChI=1S/C3H4ClF5S/c4-2-1-3-10(5,6,7,8)9/h1-2H,3H2/b2-1+. The molecule has 0 aromatic heterocycles. The van der Waals surface area contributed by atoms with Gasteiger partial charge >= 0.3 is 0 Å². The lowest BCUT2D eigenvalue weighted by molar-refractivity contribution is 0.370. The van der Waals surface area contributed by atoms with Crippen LogP contribution in [0, 0.1) is 0 Å². The fourth-order valence-corrected chi connectivity index (χ4v) is 0.873. The quantitative estimate of drug-likeness (QED) is 0.593. The molecule has 0 atom stereocenters. The third-order valence-corrected chi connectivity index (χ3v) is 1.50. The maximum absolute atomic E-state index is 11.3. The van der Waals surface area contributed by atoms with Gasteiger partial charge in [-0.3, -0.25) is 0 Å². The normalized spacial score (nSPS) is 20.6. The average Bonchev–Trinajstić information content (AvgIpc) is 1.55. The van der Waals surface area contributed by atoms with Gasteiger partial charge in [0.15, 0.2) is 0 Å². The first kappa shape index (κ1) is 10.0. The van der Waals surface area contributed by atoms with Crippen LogP contribution in [-0.4, -0.2) is 5.75 Å². The molecule has 0 amide bonds. The highest BCUT2D eigenvalue weighted by molar-refractivity contribution is 8.45. The second-order valence-corrected chi connectivity index (χ2v) is 4.50. The third-order valence-electron chi connectivity index (χ3n) is 0.500. The van der Waals surface area contributed by atoms with Gasteiger partial charge in [0.25, 0.3) is 10.2 Å². The molecule has 0 aliphatic carbocycles. The minimum Gasteiger partial charge on any atom is -0.0975 e. The lowest BCUT2D eigenvalue weighted by Gasteiger charge is -2.39. The third kappa shape index (κ3) is 8.03. The molecule has 0 saturated carbocycles. The van der Waals surface area contributed by atoms with Crippen molar-refractivity contribution in [1.82, 2.24) is 0 Å². The maximum atomic E-state index is 11.3. The van der Waals surface area contributed by atoms with Gasteiger partial charge in [0.05, 0.1) is 0 Å². The first-order chi connectivity index (χ1) is 4.04. The van der Waals surface area contributed by atoms with Gasteiger partial charge in [0.1, 0.15) is 5.75 Å². The predicted molar refractivity (Wildman–Crippen MR) is 33.0 cm³/mol. The molecule has 0 heterocycles.